The van der Waals surface area contributed by atoms with E-state index in [1.165, 1.54) is 24.8 Å². The molecule has 12 heavy (non-hydrogen) atoms. The van der Waals surface area contributed by atoms with Gasteiger partial charge in [-0.2, -0.15) is 0 Å². The van der Waals surface area contributed by atoms with Crippen molar-refractivity contribution < 1.29 is 8.78 Å². The van der Waals surface area contributed by atoms with E-state index in [9.17, 15) is 8.78 Å². The number of hydrogen-bond acceptors (Lipinski definition) is 1. The molecule has 0 aliphatic carbocycles. The van der Waals surface area contributed by atoms with Crippen LogP contribution in [-0.2, 0) is 0 Å². The second-order valence-corrected chi connectivity index (χ2v) is 3.46. The molecule has 0 saturated heterocycles. The Labute approximate surface area is 75.0 Å². The first-order chi connectivity index (χ1) is 5.57. The highest BCUT2D eigenvalue weighted by molar-refractivity contribution is 7.98. The summed E-state index contributed by atoms with van der Waals surface area (Å²) in [4.78, 5) is 0.536. The lowest BCUT2D eigenvalue weighted by Crippen LogP contribution is -1.94. The van der Waals surface area contributed by atoms with Crippen LogP contribution >= 0.6 is 11.8 Å². The van der Waals surface area contributed by atoms with Gasteiger partial charge in [-0.25, -0.2) is 8.78 Å². The molecule has 0 bridgehead atoms. The van der Waals surface area contributed by atoms with E-state index >= 15 is 0 Å². The lowest BCUT2D eigenvalue weighted by atomic mass is 10.1. The number of rotatable bonds is 1. The topological polar surface area (TPSA) is 0 Å². The molecule has 0 nitrogen and oxygen atoms in total. The maximum atomic E-state index is 13.3. The molecule has 1 aromatic carbocycles. The molecular formula is C9H10F2S. The fourth-order valence-corrected chi connectivity index (χ4v) is 1.78. The van der Waals surface area contributed by atoms with Gasteiger partial charge >= 0.3 is 0 Å². The normalized spacial score (nSPS) is 10.4. The SMILES string of the molecule is CSc1c(C)cc(F)c(C)c1F. The molecule has 0 atom stereocenters. The molecule has 0 heterocycles. The lowest BCUT2D eigenvalue weighted by molar-refractivity contribution is 0.548. The molecule has 0 N–H and O–H groups in total. The predicted molar refractivity (Wildman–Crippen MR) is 47.6 cm³/mol. The predicted octanol–water partition coefficient (Wildman–Crippen LogP) is 3.30. The first-order valence-corrected chi connectivity index (χ1v) is 4.79. The Morgan fingerprint density at radius 3 is 2.33 bits per heavy atom. The monoisotopic (exact) mass is 188 g/mol. The second-order valence-electron chi connectivity index (χ2n) is 2.65. The Bertz CT molecular complexity index is 308. The summed E-state index contributed by atoms with van der Waals surface area (Å²) in [5, 5.41) is 0. The van der Waals surface area contributed by atoms with Crippen LogP contribution in [-0.4, -0.2) is 6.26 Å². The van der Waals surface area contributed by atoms with E-state index in [1.807, 2.05) is 0 Å². The van der Waals surface area contributed by atoms with Crippen LogP contribution in [0.1, 0.15) is 11.1 Å². The van der Waals surface area contributed by atoms with E-state index in [4.69, 9.17) is 0 Å². The minimum absolute atomic E-state index is 0.102. The van der Waals surface area contributed by atoms with Crippen LogP contribution in [0.3, 0.4) is 0 Å². The molecule has 0 fully saturated rings. The minimum Gasteiger partial charge on any atom is -0.207 e. The van der Waals surface area contributed by atoms with Crippen molar-refractivity contribution in [2.24, 2.45) is 0 Å². The number of thioether (sulfide) groups is 1. The summed E-state index contributed by atoms with van der Waals surface area (Å²) in [5.41, 5.74) is 0.757. The van der Waals surface area contributed by atoms with E-state index in [-0.39, 0.29) is 5.56 Å². The summed E-state index contributed by atoms with van der Waals surface area (Å²) in [5.74, 6) is -0.900. The van der Waals surface area contributed by atoms with Crippen molar-refractivity contribution in [3.63, 3.8) is 0 Å². The second kappa shape index (κ2) is 3.44. The number of benzene rings is 1. The summed E-state index contributed by atoms with van der Waals surface area (Å²) in [6.45, 7) is 3.15. The third-order valence-corrected chi connectivity index (χ3v) is 2.70. The average Bonchev–Trinajstić information content (AvgIpc) is 2.01. The molecule has 0 aromatic heterocycles. The van der Waals surface area contributed by atoms with Gasteiger partial charge in [-0.15, -0.1) is 11.8 Å². The van der Waals surface area contributed by atoms with Gasteiger partial charge in [0.25, 0.3) is 0 Å². The van der Waals surface area contributed by atoms with Crippen LogP contribution in [0, 0.1) is 25.5 Å². The van der Waals surface area contributed by atoms with E-state index in [0.717, 1.165) is 0 Å². The zero-order valence-electron chi connectivity index (χ0n) is 7.24. The van der Waals surface area contributed by atoms with Crippen LogP contribution in [0.25, 0.3) is 0 Å². The summed E-state index contributed by atoms with van der Waals surface area (Å²) >= 11 is 1.30. The van der Waals surface area contributed by atoms with Crippen molar-refractivity contribution in [2.45, 2.75) is 18.7 Å². The summed E-state index contributed by atoms with van der Waals surface area (Å²) in [7, 11) is 0. The largest absolute Gasteiger partial charge is 0.207 e. The molecule has 0 amide bonds. The van der Waals surface area contributed by atoms with E-state index in [1.54, 1.807) is 13.2 Å². The van der Waals surface area contributed by atoms with Crippen LogP contribution in [0.5, 0.6) is 0 Å². The fraction of sp³-hybridized carbons (Fsp3) is 0.333. The Hall–Kier alpha value is -0.570. The van der Waals surface area contributed by atoms with Gasteiger partial charge in [-0.05, 0) is 31.7 Å². The van der Waals surface area contributed by atoms with Crippen molar-refractivity contribution >= 4 is 11.8 Å². The molecule has 0 saturated carbocycles. The molecule has 0 radical (unpaired) electrons. The number of hydrogen-bond donors (Lipinski definition) is 0. The highest BCUT2D eigenvalue weighted by Gasteiger charge is 2.11. The Kier molecular flexibility index (Phi) is 2.73. The third kappa shape index (κ3) is 1.46. The molecule has 0 aliphatic rings. The van der Waals surface area contributed by atoms with Gasteiger partial charge in [0.05, 0.1) is 0 Å². The van der Waals surface area contributed by atoms with E-state index in [0.29, 0.717) is 10.5 Å². The first-order valence-electron chi connectivity index (χ1n) is 3.57. The van der Waals surface area contributed by atoms with Crippen molar-refractivity contribution in [2.75, 3.05) is 6.26 Å². The third-order valence-electron chi connectivity index (χ3n) is 1.79. The van der Waals surface area contributed by atoms with Crippen LogP contribution in [0.2, 0.25) is 0 Å². The number of aryl methyl sites for hydroxylation is 1. The van der Waals surface area contributed by atoms with Gasteiger partial charge in [0.15, 0.2) is 0 Å². The van der Waals surface area contributed by atoms with Gasteiger partial charge in [0, 0.05) is 10.5 Å². The molecule has 1 aromatic rings. The molecule has 1 rings (SSSR count). The highest BCUT2D eigenvalue weighted by Crippen LogP contribution is 2.27. The van der Waals surface area contributed by atoms with Crippen LogP contribution in [0.15, 0.2) is 11.0 Å². The molecule has 0 spiro atoms. The average molecular weight is 188 g/mol. The van der Waals surface area contributed by atoms with E-state index in [2.05, 4.69) is 0 Å². The quantitative estimate of drug-likeness (QED) is 0.609. The maximum Gasteiger partial charge on any atom is 0.142 e. The van der Waals surface area contributed by atoms with Crippen molar-refractivity contribution in [1.29, 1.82) is 0 Å². The van der Waals surface area contributed by atoms with Crippen molar-refractivity contribution in [1.82, 2.24) is 0 Å². The number of halogens is 2. The first kappa shape index (κ1) is 9.52. The molecule has 0 aliphatic heterocycles. The van der Waals surface area contributed by atoms with Crippen LogP contribution in [0.4, 0.5) is 8.78 Å². The molecule has 0 unspecified atom stereocenters. The molecule has 3 heteroatoms. The standard InChI is InChI=1S/C9H10F2S/c1-5-4-7(10)6(2)8(11)9(5)12-3/h4H,1-3H3. The van der Waals surface area contributed by atoms with Gasteiger partial charge in [0.2, 0.25) is 0 Å². The highest BCUT2D eigenvalue weighted by atomic mass is 32.2. The van der Waals surface area contributed by atoms with Gasteiger partial charge in [-0.1, -0.05) is 0 Å². The Morgan fingerprint density at radius 2 is 1.83 bits per heavy atom. The van der Waals surface area contributed by atoms with Crippen molar-refractivity contribution in [3.8, 4) is 0 Å². The maximum absolute atomic E-state index is 13.3. The van der Waals surface area contributed by atoms with Gasteiger partial charge in [-0.3, -0.25) is 0 Å². The Morgan fingerprint density at radius 1 is 1.25 bits per heavy atom. The summed E-state index contributed by atoms with van der Waals surface area (Å²) < 4.78 is 26.2. The van der Waals surface area contributed by atoms with Gasteiger partial charge in [0.1, 0.15) is 11.6 Å². The van der Waals surface area contributed by atoms with E-state index < -0.39 is 11.6 Å². The zero-order valence-corrected chi connectivity index (χ0v) is 8.06. The molecule has 66 valence electrons. The molecular weight excluding hydrogens is 178 g/mol. The minimum atomic E-state index is -0.470. The van der Waals surface area contributed by atoms with Crippen LogP contribution < -0.4 is 0 Å². The fourth-order valence-electron chi connectivity index (χ4n) is 1.06. The Balaban J connectivity index is 3.40. The summed E-state index contributed by atoms with van der Waals surface area (Å²) in [6.07, 6.45) is 1.78. The summed E-state index contributed by atoms with van der Waals surface area (Å²) in [6, 6.07) is 1.37. The van der Waals surface area contributed by atoms with Crippen molar-refractivity contribution in [3.05, 3.63) is 28.8 Å². The zero-order chi connectivity index (χ0) is 9.30. The smallest absolute Gasteiger partial charge is 0.142 e. The lowest BCUT2D eigenvalue weighted by Gasteiger charge is -2.07. The van der Waals surface area contributed by atoms with Gasteiger partial charge < -0.3 is 0 Å².